The van der Waals surface area contributed by atoms with Crippen molar-refractivity contribution in [3.05, 3.63) is 76.7 Å². The van der Waals surface area contributed by atoms with Crippen LogP contribution in [0.1, 0.15) is 11.1 Å². The first-order valence-electron chi connectivity index (χ1n) is 6.94. The van der Waals surface area contributed by atoms with Gasteiger partial charge in [-0.3, -0.25) is 0 Å². The van der Waals surface area contributed by atoms with E-state index < -0.39 is 0 Å². The number of aromatic amines is 1. The van der Waals surface area contributed by atoms with Crippen LogP contribution >= 0.6 is 11.6 Å². The highest BCUT2D eigenvalue weighted by Gasteiger charge is 2.14. The van der Waals surface area contributed by atoms with Gasteiger partial charge in [0.15, 0.2) is 0 Å². The number of hydrogen-bond acceptors (Lipinski definition) is 2. The van der Waals surface area contributed by atoms with Crippen LogP contribution in [0.15, 0.2) is 60.6 Å². The zero-order chi connectivity index (χ0) is 14.9. The van der Waals surface area contributed by atoms with Crippen molar-refractivity contribution in [1.82, 2.24) is 9.97 Å². The molecular formula is C18H12ClN3. The minimum Gasteiger partial charge on any atom is -0.348 e. The Bertz CT molecular complexity index is 904. The molecule has 1 aromatic heterocycles. The Morgan fingerprint density at radius 3 is 2.73 bits per heavy atom. The zero-order valence-corrected chi connectivity index (χ0v) is 12.4. The number of nitrogens with one attached hydrogen (secondary N) is 2. The van der Waals surface area contributed by atoms with E-state index in [0.717, 1.165) is 33.9 Å². The Labute approximate surface area is 133 Å². The van der Waals surface area contributed by atoms with Crippen LogP contribution < -0.4 is 5.32 Å². The van der Waals surface area contributed by atoms with Gasteiger partial charge in [-0.25, -0.2) is 4.98 Å². The second kappa shape index (κ2) is 5.23. The lowest BCUT2D eigenvalue weighted by atomic mass is 10.0. The maximum atomic E-state index is 6.08. The molecule has 0 spiro atoms. The second-order valence-electron chi connectivity index (χ2n) is 5.00. The van der Waals surface area contributed by atoms with Crippen molar-refractivity contribution in [3.8, 4) is 11.4 Å². The molecule has 0 atom stereocenters. The lowest BCUT2D eigenvalue weighted by Crippen LogP contribution is -2.04. The molecule has 0 unspecified atom stereocenters. The number of imidazole rings is 1. The fourth-order valence-electron chi connectivity index (χ4n) is 2.55. The highest BCUT2D eigenvalue weighted by Crippen LogP contribution is 2.32. The summed E-state index contributed by atoms with van der Waals surface area (Å²) in [6, 6.07) is 13.9. The Morgan fingerprint density at radius 2 is 1.91 bits per heavy atom. The van der Waals surface area contributed by atoms with Crippen molar-refractivity contribution in [2.45, 2.75) is 0 Å². The SMILES string of the molecule is Clc1ccc2c(c1)NC(c1ccccc1-c1ncc[nH]1)=C=C2. The zero-order valence-electron chi connectivity index (χ0n) is 11.6. The molecule has 2 aromatic carbocycles. The van der Waals surface area contributed by atoms with Crippen LogP contribution in [0, 0.1) is 0 Å². The van der Waals surface area contributed by atoms with E-state index in [2.05, 4.69) is 27.1 Å². The normalized spacial score (nSPS) is 12.5. The summed E-state index contributed by atoms with van der Waals surface area (Å²) in [5, 5.41) is 4.11. The molecule has 4 heteroatoms. The number of anilines is 1. The summed E-state index contributed by atoms with van der Waals surface area (Å²) in [7, 11) is 0. The highest BCUT2D eigenvalue weighted by molar-refractivity contribution is 6.31. The average molecular weight is 306 g/mol. The first kappa shape index (κ1) is 13.0. The molecule has 1 aliphatic heterocycles. The van der Waals surface area contributed by atoms with E-state index >= 15 is 0 Å². The van der Waals surface area contributed by atoms with Crippen LogP contribution in [-0.4, -0.2) is 9.97 Å². The Morgan fingerprint density at radius 1 is 1.05 bits per heavy atom. The summed E-state index contributed by atoms with van der Waals surface area (Å²) in [4.78, 5) is 7.49. The Hall–Kier alpha value is -2.74. The lowest BCUT2D eigenvalue weighted by Gasteiger charge is -2.17. The minimum atomic E-state index is 0.709. The van der Waals surface area contributed by atoms with Gasteiger partial charge in [0, 0.05) is 39.8 Å². The molecule has 4 rings (SSSR count). The van der Waals surface area contributed by atoms with E-state index in [9.17, 15) is 0 Å². The molecule has 0 aliphatic carbocycles. The van der Waals surface area contributed by atoms with Crippen molar-refractivity contribution in [2.24, 2.45) is 0 Å². The summed E-state index contributed by atoms with van der Waals surface area (Å²) in [6.45, 7) is 0. The van der Waals surface area contributed by atoms with Crippen molar-refractivity contribution in [2.75, 3.05) is 5.32 Å². The van der Waals surface area contributed by atoms with Crippen LogP contribution in [0.25, 0.3) is 23.2 Å². The van der Waals surface area contributed by atoms with E-state index in [1.807, 2.05) is 48.7 Å². The van der Waals surface area contributed by atoms with Crippen LogP contribution in [0.2, 0.25) is 5.02 Å². The molecule has 2 N–H and O–H groups in total. The molecule has 0 amide bonds. The maximum Gasteiger partial charge on any atom is 0.137 e. The van der Waals surface area contributed by atoms with Gasteiger partial charge in [0.2, 0.25) is 0 Å². The van der Waals surface area contributed by atoms with Crippen molar-refractivity contribution in [3.63, 3.8) is 0 Å². The van der Waals surface area contributed by atoms with E-state index in [1.54, 1.807) is 6.20 Å². The third-order valence-electron chi connectivity index (χ3n) is 3.60. The first-order chi connectivity index (χ1) is 10.8. The number of benzene rings is 2. The fraction of sp³-hybridized carbons (Fsp3) is 0. The summed E-state index contributed by atoms with van der Waals surface area (Å²) in [5.74, 6) is 0.837. The van der Waals surface area contributed by atoms with Crippen LogP contribution in [0.5, 0.6) is 0 Å². The summed E-state index contributed by atoms with van der Waals surface area (Å²) >= 11 is 6.08. The maximum absolute atomic E-state index is 6.08. The van der Waals surface area contributed by atoms with E-state index in [4.69, 9.17) is 11.6 Å². The predicted molar refractivity (Wildman–Crippen MR) is 90.5 cm³/mol. The third-order valence-corrected chi connectivity index (χ3v) is 3.83. The van der Waals surface area contributed by atoms with Crippen molar-refractivity contribution < 1.29 is 0 Å². The second-order valence-corrected chi connectivity index (χ2v) is 5.44. The molecule has 3 nitrogen and oxygen atoms in total. The molecule has 0 bridgehead atoms. The topological polar surface area (TPSA) is 40.7 Å². The van der Waals surface area contributed by atoms with E-state index in [0.29, 0.717) is 5.02 Å². The molecular weight excluding hydrogens is 294 g/mol. The van der Waals surface area contributed by atoms with Gasteiger partial charge in [-0.15, -0.1) is 0 Å². The van der Waals surface area contributed by atoms with Gasteiger partial charge >= 0.3 is 0 Å². The standard InChI is InChI=1S/C18H12ClN3/c19-13-7-5-12-6-8-16(22-17(12)11-13)14-3-1-2-4-15(14)18-20-9-10-21-18/h1-7,9-11,22H,(H,20,21). The minimum absolute atomic E-state index is 0.709. The van der Waals surface area contributed by atoms with Crippen LogP contribution in [0.4, 0.5) is 5.69 Å². The van der Waals surface area contributed by atoms with Gasteiger partial charge in [0.1, 0.15) is 5.82 Å². The van der Waals surface area contributed by atoms with Gasteiger partial charge < -0.3 is 10.3 Å². The number of halogens is 1. The summed E-state index contributed by atoms with van der Waals surface area (Å²) < 4.78 is 0. The molecule has 0 saturated carbocycles. The molecule has 3 aromatic rings. The van der Waals surface area contributed by atoms with Crippen LogP contribution in [0.3, 0.4) is 0 Å². The number of fused-ring (bicyclic) bond motifs is 1. The molecule has 2 heterocycles. The van der Waals surface area contributed by atoms with Gasteiger partial charge in [-0.1, -0.05) is 47.7 Å². The number of H-pyrrole nitrogens is 1. The average Bonchev–Trinajstić information content (AvgIpc) is 3.08. The number of rotatable bonds is 2. The molecule has 0 saturated heterocycles. The van der Waals surface area contributed by atoms with Gasteiger partial charge in [-0.05, 0) is 18.2 Å². The van der Waals surface area contributed by atoms with Gasteiger partial charge in [0.25, 0.3) is 0 Å². The summed E-state index contributed by atoms with van der Waals surface area (Å²) in [5.41, 5.74) is 8.34. The molecule has 22 heavy (non-hydrogen) atoms. The number of hydrogen-bond donors (Lipinski definition) is 2. The highest BCUT2D eigenvalue weighted by atomic mass is 35.5. The van der Waals surface area contributed by atoms with Crippen LogP contribution in [-0.2, 0) is 0 Å². The summed E-state index contributed by atoms with van der Waals surface area (Å²) in [6.07, 6.45) is 5.54. The monoisotopic (exact) mass is 305 g/mol. The molecule has 0 radical (unpaired) electrons. The third kappa shape index (κ3) is 2.23. The lowest BCUT2D eigenvalue weighted by molar-refractivity contribution is 1.30. The number of nitrogens with zero attached hydrogens (tertiary/aromatic N) is 1. The molecule has 1 aliphatic rings. The van der Waals surface area contributed by atoms with E-state index in [1.165, 1.54) is 0 Å². The largest absolute Gasteiger partial charge is 0.348 e. The van der Waals surface area contributed by atoms with Crippen molar-refractivity contribution >= 4 is 29.1 Å². The van der Waals surface area contributed by atoms with Crippen molar-refractivity contribution in [1.29, 1.82) is 0 Å². The van der Waals surface area contributed by atoms with E-state index in [-0.39, 0.29) is 0 Å². The van der Waals surface area contributed by atoms with Gasteiger partial charge in [-0.2, -0.15) is 0 Å². The smallest absolute Gasteiger partial charge is 0.137 e. The Kier molecular flexibility index (Phi) is 3.08. The number of aromatic nitrogens is 2. The Balaban J connectivity index is 1.83. The molecule has 0 fully saturated rings. The molecule has 106 valence electrons. The quantitative estimate of drug-likeness (QED) is 0.667. The fourth-order valence-corrected chi connectivity index (χ4v) is 2.72. The van der Waals surface area contributed by atoms with Gasteiger partial charge in [0.05, 0.1) is 5.70 Å². The first-order valence-corrected chi connectivity index (χ1v) is 7.31. The predicted octanol–water partition coefficient (Wildman–Crippen LogP) is 4.81.